The van der Waals surface area contributed by atoms with Crippen LogP contribution < -0.4 is 10.2 Å². The zero-order valence-electron chi connectivity index (χ0n) is 22.1. The standard InChI is InChI=1S/C29H35F2N5O2/c1-28(8-5-9-28)34-15-18-10-22(25(30)31)24-16-36(26(37)23(24)11-18)20-7-4-6-19(12-20)29(13-21(14-29)38-3)27(33)35(2)17-32/h4,6-7,10-12,17,21,25,32-34H,5,8-9,13-16H2,1-3H3. The molecule has 2 saturated carbocycles. The highest BCUT2D eigenvalue weighted by atomic mass is 19.3. The molecular weight excluding hydrogens is 488 g/mol. The van der Waals surface area contributed by atoms with Gasteiger partial charge in [0, 0.05) is 43.1 Å². The first-order chi connectivity index (χ1) is 18.1. The van der Waals surface area contributed by atoms with Crippen molar-refractivity contribution in [3.8, 4) is 0 Å². The van der Waals surface area contributed by atoms with Gasteiger partial charge in [0.1, 0.15) is 5.84 Å². The molecule has 3 N–H and O–H groups in total. The Morgan fingerprint density at radius 3 is 2.63 bits per heavy atom. The Bertz CT molecular complexity index is 1270. The number of anilines is 1. The van der Waals surface area contributed by atoms with Gasteiger partial charge in [0.05, 0.1) is 24.4 Å². The third-order valence-corrected chi connectivity index (χ3v) is 8.74. The molecule has 0 aromatic heterocycles. The van der Waals surface area contributed by atoms with E-state index in [1.54, 1.807) is 31.2 Å². The van der Waals surface area contributed by atoms with Crippen molar-refractivity contribution in [1.82, 2.24) is 10.2 Å². The summed E-state index contributed by atoms with van der Waals surface area (Å²) in [6, 6.07) is 10.7. The SMILES string of the molecule is COC1CC(C(=N)N(C)C=N)(c2cccc(N3Cc4c(cc(CNC5(C)CCC5)cc4C(F)F)C3=O)c2)C1. The normalized spacial score (nSPS) is 23.6. The van der Waals surface area contributed by atoms with E-state index >= 15 is 0 Å². The molecule has 0 unspecified atom stereocenters. The van der Waals surface area contributed by atoms with Gasteiger partial charge in [-0.2, -0.15) is 0 Å². The number of hydrogen-bond donors (Lipinski definition) is 3. The lowest BCUT2D eigenvalue weighted by atomic mass is 9.61. The number of hydrogen-bond acceptors (Lipinski definition) is 5. The van der Waals surface area contributed by atoms with Gasteiger partial charge in [-0.3, -0.25) is 15.6 Å². The van der Waals surface area contributed by atoms with Gasteiger partial charge in [-0.25, -0.2) is 8.78 Å². The lowest BCUT2D eigenvalue weighted by molar-refractivity contribution is 0.00405. The third-order valence-electron chi connectivity index (χ3n) is 8.74. The average Bonchev–Trinajstić information content (AvgIpc) is 3.21. The highest BCUT2D eigenvalue weighted by molar-refractivity contribution is 6.10. The zero-order chi connectivity index (χ0) is 27.2. The maximum atomic E-state index is 14.1. The highest BCUT2D eigenvalue weighted by Gasteiger charge is 2.50. The van der Waals surface area contributed by atoms with Crippen molar-refractivity contribution < 1.29 is 18.3 Å². The zero-order valence-corrected chi connectivity index (χ0v) is 22.1. The first kappa shape index (κ1) is 26.4. The molecule has 9 heteroatoms. The Labute approximate surface area is 222 Å². The molecular formula is C29H35F2N5O2. The minimum absolute atomic E-state index is 0.00126. The molecule has 7 nitrogen and oxygen atoms in total. The number of amides is 1. The van der Waals surface area contributed by atoms with Crippen LogP contribution in [0.5, 0.6) is 0 Å². The maximum absolute atomic E-state index is 14.1. The van der Waals surface area contributed by atoms with E-state index in [4.69, 9.17) is 15.6 Å². The average molecular weight is 524 g/mol. The summed E-state index contributed by atoms with van der Waals surface area (Å²) in [7, 11) is 3.32. The van der Waals surface area contributed by atoms with Gasteiger partial charge >= 0.3 is 0 Å². The van der Waals surface area contributed by atoms with Crippen molar-refractivity contribution in [1.29, 1.82) is 10.8 Å². The Balaban J connectivity index is 1.45. The molecule has 2 fully saturated rings. The molecule has 0 spiro atoms. The van der Waals surface area contributed by atoms with Gasteiger partial charge in [0.2, 0.25) is 0 Å². The lowest BCUT2D eigenvalue weighted by Crippen LogP contribution is -2.55. The van der Waals surface area contributed by atoms with Crippen LogP contribution in [0.3, 0.4) is 0 Å². The summed E-state index contributed by atoms with van der Waals surface area (Å²) < 4.78 is 33.8. The lowest BCUT2D eigenvalue weighted by Gasteiger charge is -2.49. The Morgan fingerprint density at radius 2 is 2.03 bits per heavy atom. The number of fused-ring (bicyclic) bond motifs is 1. The molecule has 3 aliphatic rings. The van der Waals surface area contributed by atoms with Gasteiger partial charge in [-0.05, 0) is 80.0 Å². The van der Waals surface area contributed by atoms with Crippen molar-refractivity contribution in [3.63, 3.8) is 0 Å². The van der Waals surface area contributed by atoms with Gasteiger partial charge in [-0.15, -0.1) is 0 Å². The number of likely N-dealkylation sites (N-methyl/N-ethyl adjacent to an activating group) is 1. The highest BCUT2D eigenvalue weighted by Crippen LogP contribution is 2.48. The van der Waals surface area contributed by atoms with E-state index in [9.17, 15) is 13.6 Å². The van der Waals surface area contributed by atoms with Crippen molar-refractivity contribution in [2.75, 3.05) is 19.1 Å². The smallest absolute Gasteiger partial charge is 0.264 e. The molecule has 1 aliphatic heterocycles. The topological polar surface area (TPSA) is 92.5 Å². The minimum Gasteiger partial charge on any atom is -0.381 e. The molecule has 202 valence electrons. The molecule has 0 radical (unpaired) electrons. The fourth-order valence-electron chi connectivity index (χ4n) is 6.03. The number of nitrogens with one attached hydrogen (secondary N) is 3. The van der Waals surface area contributed by atoms with Gasteiger partial charge in [-0.1, -0.05) is 12.1 Å². The number of carbonyl (C=O) groups excluding carboxylic acids is 1. The van der Waals surface area contributed by atoms with Crippen LogP contribution in [0.1, 0.15) is 78.1 Å². The second-order valence-electron chi connectivity index (χ2n) is 11.2. The summed E-state index contributed by atoms with van der Waals surface area (Å²) >= 11 is 0. The molecule has 0 bridgehead atoms. The predicted octanol–water partition coefficient (Wildman–Crippen LogP) is 5.38. The van der Waals surface area contributed by atoms with Crippen molar-refractivity contribution in [2.45, 2.75) is 75.6 Å². The molecule has 0 atom stereocenters. The van der Waals surface area contributed by atoms with Crippen LogP contribution in [0.25, 0.3) is 0 Å². The van der Waals surface area contributed by atoms with E-state index in [1.165, 1.54) is 11.0 Å². The number of benzene rings is 2. The summed E-state index contributed by atoms with van der Waals surface area (Å²) in [5, 5.41) is 19.9. The van der Waals surface area contributed by atoms with Crippen LogP contribution in [0.15, 0.2) is 36.4 Å². The summed E-state index contributed by atoms with van der Waals surface area (Å²) in [4.78, 5) is 16.6. The van der Waals surface area contributed by atoms with Crippen LogP contribution in [0, 0.1) is 10.8 Å². The number of halogens is 2. The van der Waals surface area contributed by atoms with E-state index in [2.05, 4.69) is 12.2 Å². The molecule has 38 heavy (non-hydrogen) atoms. The monoisotopic (exact) mass is 523 g/mol. The second kappa shape index (κ2) is 9.85. The van der Waals surface area contributed by atoms with E-state index < -0.39 is 11.8 Å². The summed E-state index contributed by atoms with van der Waals surface area (Å²) in [5.41, 5.74) is 2.15. The molecule has 1 heterocycles. The molecule has 1 amide bonds. The molecule has 2 aromatic carbocycles. The number of rotatable bonds is 9. The van der Waals surface area contributed by atoms with Gasteiger partial charge in [0.15, 0.2) is 0 Å². The molecule has 0 saturated heterocycles. The van der Waals surface area contributed by atoms with E-state index in [-0.39, 0.29) is 35.5 Å². The van der Waals surface area contributed by atoms with Gasteiger partial charge < -0.3 is 19.9 Å². The van der Waals surface area contributed by atoms with E-state index in [1.807, 2.05) is 18.2 Å². The van der Waals surface area contributed by atoms with Crippen LogP contribution in [-0.2, 0) is 23.2 Å². The quantitative estimate of drug-likeness (QED) is 0.304. The Morgan fingerprint density at radius 1 is 1.29 bits per heavy atom. The largest absolute Gasteiger partial charge is 0.381 e. The first-order valence-corrected chi connectivity index (χ1v) is 13.1. The number of carbonyl (C=O) groups is 1. The van der Waals surface area contributed by atoms with Crippen molar-refractivity contribution in [3.05, 3.63) is 64.2 Å². The number of methoxy groups -OCH3 is 1. The molecule has 2 aliphatic carbocycles. The number of nitrogens with zero attached hydrogens (tertiary/aromatic N) is 2. The number of alkyl halides is 2. The Hall–Kier alpha value is -3.17. The minimum atomic E-state index is -2.68. The fourth-order valence-corrected chi connectivity index (χ4v) is 6.03. The fraction of sp³-hybridized carbons (Fsp3) is 0.483. The molecule has 5 rings (SSSR count). The van der Waals surface area contributed by atoms with Crippen LogP contribution in [-0.4, -0.2) is 48.8 Å². The maximum Gasteiger partial charge on any atom is 0.264 e. The van der Waals surface area contributed by atoms with Gasteiger partial charge in [0.25, 0.3) is 12.3 Å². The summed E-state index contributed by atoms with van der Waals surface area (Å²) in [6.45, 7) is 2.66. The van der Waals surface area contributed by atoms with E-state index in [0.717, 1.165) is 31.2 Å². The molecule has 2 aromatic rings. The second-order valence-corrected chi connectivity index (χ2v) is 11.2. The third kappa shape index (κ3) is 4.41. The summed E-state index contributed by atoms with van der Waals surface area (Å²) in [5.74, 6) is -0.00820. The number of amidine groups is 1. The number of ether oxygens (including phenoxy) is 1. The summed E-state index contributed by atoms with van der Waals surface area (Å²) in [6.07, 6.45) is 2.88. The predicted molar refractivity (Wildman–Crippen MR) is 143 cm³/mol. The van der Waals surface area contributed by atoms with Crippen molar-refractivity contribution in [2.24, 2.45) is 0 Å². The van der Waals surface area contributed by atoms with Crippen LogP contribution in [0.2, 0.25) is 0 Å². The van der Waals surface area contributed by atoms with Crippen LogP contribution in [0.4, 0.5) is 14.5 Å². The van der Waals surface area contributed by atoms with E-state index in [0.29, 0.717) is 41.8 Å². The first-order valence-electron chi connectivity index (χ1n) is 13.1. The Kier molecular flexibility index (Phi) is 6.86. The van der Waals surface area contributed by atoms with Crippen LogP contribution >= 0.6 is 0 Å². The van der Waals surface area contributed by atoms with Crippen molar-refractivity contribution >= 4 is 23.8 Å².